The minimum atomic E-state index is 0.1000. The number of hydrogen-bond acceptors (Lipinski definition) is 3. The molecule has 0 saturated heterocycles. The maximum atomic E-state index is 12.2. The first-order valence-corrected chi connectivity index (χ1v) is 6.91. The summed E-state index contributed by atoms with van der Waals surface area (Å²) in [5, 5.41) is 4.67. The summed E-state index contributed by atoms with van der Waals surface area (Å²) in [6, 6.07) is 7.58. The van der Waals surface area contributed by atoms with E-state index in [1.807, 2.05) is 36.1 Å². The SMILES string of the molecule is CCN(Cc1cccc(Cl)c1)C(=O)CCn1cncn1. The molecule has 20 heavy (non-hydrogen) atoms. The van der Waals surface area contributed by atoms with Gasteiger partial charge in [0, 0.05) is 24.5 Å². The highest BCUT2D eigenvalue weighted by Crippen LogP contribution is 2.13. The monoisotopic (exact) mass is 292 g/mol. The van der Waals surface area contributed by atoms with Crippen LogP contribution in [0.1, 0.15) is 18.9 Å². The highest BCUT2D eigenvalue weighted by Gasteiger charge is 2.12. The van der Waals surface area contributed by atoms with Crippen molar-refractivity contribution in [2.24, 2.45) is 0 Å². The van der Waals surface area contributed by atoms with Crippen molar-refractivity contribution in [1.82, 2.24) is 19.7 Å². The van der Waals surface area contributed by atoms with Gasteiger partial charge in [-0.3, -0.25) is 9.48 Å². The minimum Gasteiger partial charge on any atom is -0.339 e. The van der Waals surface area contributed by atoms with Gasteiger partial charge in [0.2, 0.25) is 5.91 Å². The van der Waals surface area contributed by atoms with Crippen molar-refractivity contribution in [2.45, 2.75) is 26.4 Å². The molecule has 6 heteroatoms. The van der Waals surface area contributed by atoms with E-state index in [0.717, 1.165) is 5.56 Å². The van der Waals surface area contributed by atoms with E-state index < -0.39 is 0 Å². The van der Waals surface area contributed by atoms with Crippen molar-refractivity contribution in [3.63, 3.8) is 0 Å². The molecule has 0 bridgehead atoms. The van der Waals surface area contributed by atoms with Crippen LogP contribution in [0.2, 0.25) is 5.02 Å². The van der Waals surface area contributed by atoms with Gasteiger partial charge in [0.05, 0.1) is 6.54 Å². The summed E-state index contributed by atoms with van der Waals surface area (Å²) in [5.74, 6) is 0.1000. The van der Waals surface area contributed by atoms with Gasteiger partial charge in [-0.25, -0.2) is 4.98 Å². The second-order valence-corrected chi connectivity index (χ2v) is 4.88. The van der Waals surface area contributed by atoms with Crippen LogP contribution in [0.3, 0.4) is 0 Å². The predicted molar refractivity (Wildman–Crippen MR) is 77.2 cm³/mol. The van der Waals surface area contributed by atoms with E-state index in [9.17, 15) is 4.79 Å². The molecule has 0 spiro atoms. The Morgan fingerprint density at radius 1 is 1.45 bits per heavy atom. The fourth-order valence-corrected chi connectivity index (χ4v) is 2.16. The molecule has 0 aliphatic rings. The summed E-state index contributed by atoms with van der Waals surface area (Å²) in [4.78, 5) is 17.9. The van der Waals surface area contributed by atoms with Crippen molar-refractivity contribution >= 4 is 17.5 Å². The lowest BCUT2D eigenvalue weighted by atomic mass is 10.2. The largest absolute Gasteiger partial charge is 0.339 e. The third kappa shape index (κ3) is 4.06. The molecule has 1 aromatic carbocycles. The van der Waals surface area contributed by atoms with Gasteiger partial charge in [-0.2, -0.15) is 5.10 Å². The lowest BCUT2D eigenvalue weighted by Crippen LogP contribution is -2.31. The number of hydrogen-bond donors (Lipinski definition) is 0. The Morgan fingerprint density at radius 3 is 2.95 bits per heavy atom. The van der Waals surface area contributed by atoms with Gasteiger partial charge in [-0.05, 0) is 24.6 Å². The number of aryl methyl sites for hydroxylation is 1. The Morgan fingerprint density at radius 2 is 2.30 bits per heavy atom. The van der Waals surface area contributed by atoms with Crippen molar-refractivity contribution in [3.8, 4) is 0 Å². The smallest absolute Gasteiger partial charge is 0.224 e. The fourth-order valence-electron chi connectivity index (χ4n) is 1.95. The number of carbonyl (C=O) groups excluding carboxylic acids is 1. The normalized spacial score (nSPS) is 10.5. The summed E-state index contributed by atoms with van der Waals surface area (Å²) in [6.45, 7) is 3.76. The van der Waals surface area contributed by atoms with E-state index >= 15 is 0 Å². The maximum absolute atomic E-state index is 12.2. The summed E-state index contributed by atoms with van der Waals surface area (Å²) < 4.78 is 1.66. The molecular weight excluding hydrogens is 276 g/mol. The van der Waals surface area contributed by atoms with E-state index in [2.05, 4.69) is 10.1 Å². The van der Waals surface area contributed by atoms with Crippen molar-refractivity contribution in [3.05, 3.63) is 47.5 Å². The zero-order valence-corrected chi connectivity index (χ0v) is 12.1. The Labute approximate surface area is 123 Å². The molecule has 0 aliphatic heterocycles. The molecule has 106 valence electrons. The number of carbonyl (C=O) groups is 1. The van der Waals surface area contributed by atoms with Gasteiger partial charge in [-0.1, -0.05) is 23.7 Å². The Balaban J connectivity index is 1.92. The number of rotatable bonds is 6. The Kier molecular flexibility index (Phi) is 5.12. The maximum Gasteiger partial charge on any atom is 0.224 e. The lowest BCUT2D eigenvalue weighted by Gasteiger charge is -2.21. The molecule has 0 atom stereocenters. The first kappa shape index (κ1) is 14.5. The molecule has 2 rings (SSSR count). The molecule has 0 saturated carbocycles. The number of halogens is 1. The third-order valence-corrected chi connectivity index (χ3v) is 3.25. The summed E-state index contributed by atoms with van der Waals surface area (Å²) in [5.41, 5.74) is 1.04. The van der Waals surface area contributed by atoms with Crippen LogP contribution in [0.4, 0.5) is 0 Å². The number of aromatic nitrogens is 3. The van der Waals surface area contributed by atoms with Gasteiger partial charge in [0.25, 0.3) is 0 Å². The summed E-state index contributed by atoms with van der Waals surface area (Å²) >= 11 is 5.96. The van der Waals surface area contributed by atoms with Gasteiger partial charge in [0.1, 0.15) is 12.7 Å². The van der Waals surface area contributed by atoms with Gasteiger partial charge in [0.15, 0.2) is 0 Å². The predicted octanol–water partition coefficient (Wildman–Crippen LogP) is 2.37. The average molecular weight is 293 g/mol. The second-order valence-electron chi connectivity index (χ2n) is 4.45. The second kappa shape index (κ2) is 7.05. The van der Waals surface area contributed by atoms with Crippen LogP contribution >= 0.6 is 11.6 Å². The molecule has 0 unspecified atom stereocenters. The van der Waals surface area contributed by atoms with Crippen LogP contribution in [0.5, 0.6) is 0 Å². The standard InChI is InChI=1S/C14H17ClN4O/c1-2-18(9-12-4-3-5-13(15)8-12)14(20)6-7-19-11-16-10-17-19/h3-5,8,10-11H,2,6-7,9H2,1H3. The molecule has 5 nitrogen and oxygen atoms in total. The van der Waals surface area contributed by atoms with Crippen LogP contribution in [0.15, 0.2) is 36.9 Å². The average Bonchev–Trinajstić information content (AvgIpc) is 2.95. The topological polar surface area (TPSA) is 51.0 Å². The van der Waals surface area contributed by atoms with Crippen molar-refractivity contribution in [1.29, 1.82) is 0 Å². The van der Waals surface area contributed by atoms with E-state index in [1.165, 1.54) is 6.33 Å². The zero-order chi connectivity index (χ0) is 14.4. The molecule has 1 aromatic heterocycles. The number of nitrogens with zero attached hydrogens (tertiary/aromatic N) is 4. The van der Waals surface area contributed by atoms with Crippen LogP contribution in [0, 0.1) is 0 Å². The van der Waals surface area contributed by atoms with E-state index in [0.29, 0.717) is 31.1 Å². The molecule has 0 fully saturated rings. The molecule has 1 heterocycles. The zero-order valence-electron chi connectivity index (χ0n) is 11.4. The van der Waals surface area contributed by atoms with Gasteiger partial charge >= 0.3 is 0 Å². The van der Waals surface area contributed by atoms with Crippen LogP contribution in [-0.2, 0) is 17.9 Å². The summed E-state index contributed by atoms with van der Waals surface area (Å²) in [6.07, 6.45) is 3.49. The fraction of sp³-hybridized carbons (Fsp3) is 0.357. The van der Waals surface area contributed by atoms with Crippen molar-refractivity contribution in [2.75, 3.05) is 6.54 Å². The van der Waals surface area contributed by atoms with Crippen LogP contribution in [-0.4, -0.2) is 32.1 Å². The summed E-state index contributed by atoms with van der Waals surface area (Å²) in [7, 11) is 0. The van der Waals surface area contributed by atoms with Crippen LogP contribution in [0.25, 0.3) is 0 Å². The Bertz CT molecular complexity index is 556. The molecule has 1 amide bonds. The highest BCUT2D eigenvalue weighted by atomic mass is 35.5. The molecule has 0 N–H and O–H groups in total. The number of amides is 1. The molecular formula is C14H17ClN4O. The van der Waals surface area contributed by atoms with E-state index in [-0.39, 0.29) is 5.91 Å². The molecule has 0 radical (unpaired) electrons. The highest BCUT2D eigenvalue weighted by molar-refractivity contribution is 6.30. The molecule has 0 aliphatic carbocycles. The first-order valence-electron chi connectivity index (χ1n) is 6.53. The lowest BCUT2D eigenvalue weighted by molar-refractivity contribution is -0.131. The van der Waals surface area contributed by atoms with E-state index in [1.54, 1.807) is 11.0 Å². The van der Waals surface area contributed by atoms with E-state index in [4.69, 9.17) is 11.6 Å². The quantitative estimate of drug-likeness (QED) is 0.821. The van der Waals surface area contributed by atoms with Gasteiger partial charge < -0.3 is 4.90 Å². The minimum absolute atomic E-state index is 0.1000. The first-order chi connectivity index (χ1) is 9.69. The van der Waals surface area contributed by atoms with Gasteiger partial charge in [-0.15, -0.1) is 0 Å². The molecule has 2 aromatic rings. The Hall–Kier alpha value is -1.88. The third-order valence-electron chi connectivity index (χ3n) is 3.02. The van der Waals surface area contributed by atoms with Crippen LogP contribution < -0.4 is 0 Å². The number of benzene rings is 1. The van der Waals surface area contributed by atoms with Crippen molar-refractivity contribution < 1.29 is 4.79 Å².